The average Bonchev–Trinajstić information content (AvgIpc) is 3.38. The van der Waals surface area contributed by atoms with E-state index in [9.17, 15) is 9.59 Å². The predicted molar refractivity (Wildman–Crippen MR) is 179 cm³/mol. The van der Waals surface area contributed by atoms with Crippen molar-refractivity contribution in [3.8, 4) is 5.75 Å². The molecule has 0 N–H and O–H groups in total. The molecule has 8 nitrogen and oxygen atoms in total. The van der Waals surface area contributed by atoms with Gasteiger partial charge in [-0.3, -0.25) is 9.36 Å². The van der Waals surface area contributed by atoms with Crippen LogP contribution in [0.15, 0.2) is 58.3 Å². The number of ether oxygens (including phenoxy) is 3. The lowest BCUT2D eigenvalue weighted by molar-refractivity contribution is -0.0122. The van der Waals surface area contributed by atoms with Crippen LogP contribution in [0.3, 0.4) is 0 Å². The van der Waals surface area contributed by atoms with Gasteiger partial charge in [-0.1, -0.05) is 84.9 Å². The van der Waals surface area contributed by atoms with Gasteiger partial charge in [0.25, 0.3) is 5.56 Å². The van der Waals surface area contributed by atoms with Crippen molar-refractivity contribution in [1.82, 2.24) is 9.13 Å². The zero-order valence-corrected chi connectivity index (χ0v) is 29.8. The van der Waals surface area contributed by atoms with Crippen molar-refractivity contribution in [3.63, 3.8) is 0 Å². The molecule has 2 heterocycles. The van der Waals surface area contributed by atoms with Gasteiger partial charge in [0.1, 0.15) is 24.7 Å². The highest BCUT2D eigenvalue weighted by Crippen LogP contribution is 2.44. The van der Waals surface area contributed by atoms with Crippen molar-refractivity contribution in [3.05, 3.63) is 106 Å². The van der Waals surface area contributed by atoms with Crippen LogP contribution in [-0.2, 0) is 20.6 Å². The number of methoxy groups -OCH3 is 1. The van der Waals surface area contributed by atoms with E-state index in [1.807, 2.05) is 6.08 Å². The van der Waals surface area contributed by atoms with Crippen LogP contribution in [0.2, 0.25) is 43.2 Å². The van der Waals surface area contributed by atoms with Gasteiger partial charge in [0, 0.05) is 38.5 Å². The Morgan fingerprint density at radius 1 is 0.932 bits per heavy atom. The highest BCUT2D eigenvalue weighted by Gasteiger charge is 2.38. The molecule has 0 spiro atoms. The minimum Gasteiger partial charge on any atom is -0.497 e. The third kappa shape index (κ3) is 7.60. The number of benzene rings is 2. The van der Waals surface area contributed by atoms with Gasteiger partial charge >= 0.3 is 5.69 Å². The minimum atomic E-state index is -2.00. The van der Waals surface area contributed by atoms with Gasteiger partial charge in [-0.15, -0.1) is 0 Å². The standard InChI is InChI=1S/C30H33Cl5N2O6Si/c1-30(2,3)44(5,6)42-15-18-7-8-25(43-18)36-10-9-24(38)37(29(36)39)16-41-28(26-20(32)11-17(31)12-21(26)33)27-22(34)13-19(40-4)14-23(27)35/h7-14,18,25,28H,15-16H2,1-6H3/t18-,25+,28-/m0/s1. The predicted octanol–water partition coefficient (Wildman–Crippen LogP) is 8.52. The Morgan fingerprint density at radius 2 is 1.50 bits per heavy atom. The fourth-order valence-corrected chi connectivity index (χ4v) is 6.98. The summed E-state index contributed by atoms with van der Waals surface area (Å²) in [5, 5.41) is 1.06. The summed E-state index contributed by atoms with van der Waals surface area (Å²) in [5.74, 6) is 0.413. The smallest absolute Gasteiger partial charge is 0.335 e. The van der Waals surface area contributed by atoms with E-state index >= 15 is 0 Å². The Labute approximate surface area is 282 Å². The largest absolute Gasteiger partial charge is 0.497 e. The molecule has 3 aromatic rings. The van der Waals surface area contributed by atoms with Crippen LogP contribution in [-0.4, -0.2) is 37.3 Å². The molecule has 0 aliphatic carbocycles. The summed E-state index contributed by atoms with van der Waals surface area (Å²) in [4.78, 5) is 26.5. The molecular formula is C30H33Cl5N2O6Si. The van der Waals surface area contributed by atoms with Crippen molar-refractivity contribution in [1.29, 1.82) is 0 Å². The summed E-state index contributed by atoms with van der Waals surface area (Å²) >= 11 is 32.5. The molecule has 0 saturated heterocycles. The maximum Gasteiger partial charge on any atom is 0.335 e. The van der Waals surface area contributed by atoms with E-state index in [0.29, 0.717) is 28.5 Å². The van der Waals surface area contributed by atoms with Gasteiger partial charge < -0.3 is 18.6 Å². The molecule has 14 heteroatoms. The van der Waals surface area contributed by atoms with Crippen LogP contribution < -0.4 is 16.0 Å². The van der Waals surface area contributed by atoms with Crippen LogP contribution in [0.1, 0.15) is 44.2 Å². The summed E-state index contributed by atoms with van der Waals surface area (Å²) in [6.45, 7) is 10.7. The normalized spacial score (nSPS) is 17.7. The molecule has 1 aliphatic heterocycles. The molecule has 4 rings (SSSR count). The maximum atomic E-state index is 13.6. The number of aromatic nitrogens is 2. The van der Waals surface area contributed by atoms with Crippen LogP contribution in [0, 0.1) is 0 Å². The lowest BCUT2D eigenvalue weighted by Gasteiger charge is -2.36. The second-order valence-corrected chi connectivity index (χ2v) is 18.6. The van der Waals surface area contributed by atoms with Crippen LogP contribution >= 0.6 is 58.0 Å². The number of hydrogen-bond donors (Lipinski definition) is 0. The van der Waals surface area contributed by atoms with Crippen LogP contribution in [0.25, 0.3) is 0 Å². The van der Waals surface area contributed by atoms with Crippen molar-refractivity contribution < 1.29 is 18.6 Å². The summed E-state index contributed by atoms with van der Waals surface area (Å²) in [6, 6.07) is 7.33. The molecule has 0 amide bonds. The number of halogens is 5. The highest BCUT2D eigenvalue weighted by atomic mass is 35.5. The van der Waals surface area contributed by atoms with Gasteiger partial charge in [-0.2, -0.15) is 0 Å². The third-order valence-electron chi connectivity index (χ3n) is 7.82. The van der Waals surface area contributed by atoms with Crippen LogP contribution in [0.5, 0.6) is 5.75 Å². The first-order valence-corrected chi connectivity index (χ1v) is 18.4. The van der Waals surface area contributed by atoms with Gasteiger partial charge in [0.05, 0.1) is 23.8 Å². The molecule has 44 heavy (non-hydrogen) atoms. The molecule has 1 aromatic heterocycles. The van der Waals surface area contributed by atoms with E-state index in [-0.39, 0.29) is 31.2 Å². The summed E-state index contributed by atoms with van der Waals surface area (Å²) in [5.41, 5.74) is -0.652. The quantitative estimate of drug-likeness (QED) is 0.154. The first-order chi connectivity index (χ1) is 20.5. The highest BCUT2D eigenvalue weighted by molar-refractivity contribution is 6.74. The molecule has 2 aromatic carbocycles. The Hall–Kier alpha value is -1.79. The SMILES string of the molecule is COc1cc(Cl)c([C@@H](OCn2c(=O)ccn([C@H]3C=C[C@@H](CO[Si](C)(C)C(C)(C)C)O3)c2=O)c2c(Cl)cc(Cl)cc2Cl)c(Cl)c1. The van der Waals surface area contributed by atoms with Crippen molar-refractivity contribution in [2.45, 2.75) is 64.1 Å². The van der Waals surface area contributed by atoms with Gasteiger partial charge in [0.2, 0.25) is 0 Å². The zero-order chi connectivity index (χ0) is 32.6. The molecular weight excluding hydrogens is 690 g/mol. The molecule has 1 aliphatic rings. The Bertz CT molecular complexity index is 1640. The van der Waals surface area contributed by atoms with E-state index in [1.165, 1.54) is 36.1 Å². The van der Waals surface area contributed by atoms with Gasteiger partial charge in [0.15, 0.2) is 14.5 Å². The first-order valence-electron chi connectivity index (χ1n) is 13.6. The number of rotatable bonds is 10. The second kappa shape index (κ2) is 13.9. The van der Waals surface area contributed by atoms with Crippen molar-refractivity contribution in [2.75, 3.05) is 13.7 Å². The topological polar surface area (TPSA) is 80.9 Å². The summed E-state index contributed by atoms with van der Waals surface area (Å²) < 4.78 is 26.1. The van der Waals surface area contributed by atoms with Gasteiger partial charge in [-0.05, 0) is 48.5 Å². The van der Waals surface area contributed by atoms with Crippen molar-refractivity contribution >= 4 is 66.3 Å². The summed E-state index contributed by atoms with van der Waals surface area (Å²) in [6.07, 6.45) is 2.79. The van der Waals surface area contributed by atoms with E-state index in [1.54, 1.807) is 18.2 Å². The molecule has 0 radical (unpaired) electrons. The fourth-order valence-electron chi connectivity index (χ4n) is 4.29. The van der Waals surface area contributed by atoms with Gasteiger partial charge in [-0.25, -0.2) is 9.36 Å². The van der Waals surface area contributed by atoms with Crippen LogP contribution in [0.4, 0.5) is 0 Å². The monoisotopic (exact) mass is 720 g/mol. The first kappa shape index (κ1) is 35.1. The Balaban J connectivity index is 1.63. The van der Waals surface area contributed by atoms with Crippen molar-refractivity contribution in [2.24, 2.45) is 0 Å². The second-order valence-electron chi connectivity index (χ2n) is 11.8. The minimum absolute atomic E-state index is 0.0414. The lowest BCUT2D eigenvalue weighted by atomic mass is 10.0. The molecule has 0 bridgehead atoms. The van der Waals surface area contributed by atoms with E-state index < -0.39 is 38.6 Å². The Kier molecular flexibility index (Phi) is 11.1. The fraction of sp³-hybridized carbons (Fsp3) is 0.400. The molecule has 0 unspecified atom stereocenters. The lowest BCUT2D eigenvalue weighted by Crippen LogP contribution is -2.43. The maximum absolute atomic E-state index is 13.6. The number of nitrogens with zero attached hydrogens (tertiary/aromatic N) is 2. The molecule has 238 valence electrons. The molecule has 0 saturated carbocycles. The zero-order valence-electron chi connectivity index (χ0n) is 25.0. The number of hydrogen-bond acceptors (Lipinski definition) is 6. The molecule has 3 atom stereocenters. The van der Waals surface area contributed by atoms with E-state index in [4.69, 9.17) is 76.6 Å². The third-order valence-corrected chi connectivity index (χ3v) is 13.8. The average molecular weight is 723 g/mol. The van der Waals surface area contributed by atoms with E-state index in [2.05, 4.69) is 33.9 Å². The van der Waals surface area contributed by atoms with E-state index in [0.717, 1.165) is 4.57 Å². The summed E-state index contributed by atoms with van der Waals surface area (Å²) in [7, 11) is -0.525. The Morgan fingerprint density at radius 3 is 2.05 bits per heavy atom. The molecule has 0 fully saturated rings.